The van der Waals surface area contributed by atoms with Crippen LogP contribution < -0.4 is 10.1 Å². The van der Waals surface area contributed by atoms with Crippen molar-refractivity contribution in [2.24, 2.45) is 0 Å². The summed E-state index contributed by atoms with van der Waals surface area (Å²) in [6.07, 6.45) is -3.54. The molecule has 0 spiro atoms. The summed E-state index contributed by atoms with van der Waals surface area (Å²) in [5, 5.41) is 2.32. The van der Waals surface area contributed by atoms with Crippen LogP contribution in [0.4, 0.5) is 13.2 Å². The molecule has 1 N–H and O–H groups in total. The van der Waals surface area contributed by atoms with Crippen molar-refractivity contribution in [2.75, 3.05) is 13.1 Å². The van der Waals surface area contributed by atoms with Crippen LogP contribution in [0, 0.1) is 0 Å². The molecule has 0 saturated carbocycles. The van der Waals surface area contributed by atoms with E-state index in [2.05, 4.69) is 12.2 Å². The zero-order chi connectivity index (χ0) is 13.6. The Morgan fingerprint density at radius 3 is 2.33 bits per heavy atom. The van der Waals surface area contributed by atoms with Gasteiger partial charge < -0.3 is 10.1 Å². The van der Waals surface area contributed by atoms with Gasteiger partial charge in [-0.05, 0) is 31.0 Å². The fourth-order valence-corrected chi connectivity index (χ4v) is 1.49. The molecule has 1 aromatic rings. The number of benzene rings is 1. The highest BCUT2D eigenvalue weighted by Gasteiger charge is 2.26. The lowest BCUT2D eigenvalue weighted by Crippen LogP contribution is -2.35. The summed E-state index contributed by atoms with van der Waals surface area (Å²) in [6, 6.07) is 7.56. The molecule has 102 valence electrons. The van der Waals surface area contributed by atoms with E-state index in [4.69, 9.17) is 4.74 Å². The van der Waals surface area contributed by atoms with Crippen LogP contribution in [0.15, 0.2) is 24.3 Å². The molecule has 5 heteroatoms. The van der Waals surface area contributed by atoms with Gasteiger partial charge in [-0.2, -0.15) is 13.2 Å². The smallest absolute Gasteiger partial charge is 0.401 e. The molecule has 0 aromatic heterocycles. The van der Waals surface area contributed by atoms with E-state index in [1.54, 1.807) is 6.92 Å². The SMILES string of the molecule is CCc1ccc(OC(C)CNCC(F)(F)F)cc1. The van der Waals surface area contributed by atoms with Gasteiger partial charge in [0.15, 0.2) is 0 Å². The number of nitrogens with one attached hydrogen (secondary N) is 1. The highest BCUT2D eigenvalue weighted by molar-refractivity contribution is 5.27. The lowest BCUT2D eigenvalue weighted by atomic mass is 10.2. The number of hydrogen-bond acceptors (Lipinski definition) is 2. The summed E-state index contributed by atoms with van der Waals surface area (Å²) >= 11 is 0. The molecule has 0 aliphatic rings. The Labute approximate surface area is 105 Å². The lowest BCUT2D eigenvalue weighted by Gasteiger charge is -2.16. The summed E-state index contributed by atoms with van der Waals surface area (Å²) in [6.45, 7) is 2.96. The van der Waals surface area contributed by atoms with E-state index in [9.17, 15) is 13.2 Å². The molecule has 1 aromatic carbocycles. The fraction of sp³-hybridized carbons (Fsp3) is 0.538. The van der Waals surface area contributed by atoms with E-state index in [1.807, 2.05) is 24.3 Å². The first-order valence-corrected chi connectivity index (χ1v) is 5.94. The molecule has 0 fully saturated rings. The minimum absolute atomic E-state index is 0.162. The molecule has 0 heterocycles. The predicted octanol–water partition coefficient (Wildman–Crippen LogP) is 3.17. The second kappa shape index (κ2) is 6.64. The summed E-state index contributed by atoms with van der Waals surface area (Å²) < 4.78 is 41.2. The van der Waals surface area contributed by atoms with Crippen LogP contribution in [0.5, 0.6) is 5.75 Å². The van der Waals surface area contributed by atoms with Gasteiger partial charge in [0, 0.05) is 6.54 Å². The van der Waals surface area contributed by atoms with E-state index in [0.29, 0.717) is 5.75 Å². The molecule has 0 saturated heterocycles. The molecule has 2 nitrogen and oxygen atoms in total. The number of alkyl halides is 3. The van der Waals surface area contributed by atoms with Crippen molar-refractivity contribution in [1.82, 2.24) is 5.32 Å². The van der Waals surface area contributed by atoms with Crippen LogP contribution in [0.25, 0.3) is 0 Å². The first-order valence-electron chi connectivity index (χ1n) is 5.94. The van der Waals surface area contributed by atoms with Gasteiger partial charge in [-0.25, -0.2) is 0 Å². The van der Waals surface area contributed by atoms with Crippen molar-refractivity contribution in [3.05, 3.63) is 29.8 Å². The third-order valence-electron chi connectivity index (χ3n) is 2.43. The molecular formula is C13H18F3NO. The van der Waals surface area contributed by atoms with Gasteiger partial charge in [-0.1, -0.05) is 19.1 Å². The second-order valence-corrected chi connectivity index (χ2v) is 4.17. The van der Waals surface area contributed by atoms with Gasteiger partial charge in [-0.15, -0.1) is 0 Å². The van der Waals surface area contributed by atoms with E-state index in [-0.39, 0.29) is 12.6 Å². The first-order chi connectivity index (χ1) is 8.40. The third kappa shape index (κ3) is 5.91. The summed E-state index contributed by atoms with van der Waals surface area (Å²) in [5.74, 6) is 0.675. The quantitative estimate of drug-likeness (QED) is 0.849. The second-order valence-electron chi connectivity index (χ2n) is 4.17. The van der Waals surface area contributed by atoms with Crippen LogP contribution in [0.1, 0.15) is 19.4 Å². The molecule has 1 rings (SSSR count). The fourth-order valence-electron chi connectivity index (χ4n) is 1.49. The van der Waals surface area contributed by atoms with E-state index in [1.165, 1.54) is 5.56 Å². The highest BCUT2D eigenvalue weighted by atomic mass is 19.4. The van der Waals surface area contributed by atoms with Crippen molar-refractivity contribution in [2.45, 2.75) is 32.5 Å². The Kier molecular flexibility index (Phi) is 5.47. The number of aryl methyl sites for hydroxylation is 1. The number of ether oxygens (including phenoxy) is 1. The standard InChI is InChI=1S/C13H18F3NO/c1-3-11-4-6-12(7-5-11)18-10(2)8-17-9-13(14,15)16/h4-7,10,17H,3,8-9H2,1-2H3. The molecule has 0 aliphatic heterocycles. The maximum atomic E-state index is 11.9. The van der Waals surface area contributed by atoms with Crippen LogP contribution in [0.3, 0.4) is 0 Å². The molecule has 0 bridgehead atoms. The zero-order valence-corrected chi connectivity index (χ0v) is 10.6. The van der Waals surface area contributed by atoms with E-state index < -0.39 is 12.7 Å². The number of halogens is 3. The summed E-state index contributed by atoms with van der Waals surface area (Å²) in [4.78, 5) is 0. The van der Waals surface area contributed by atoms with Crippen molar-refractivity contribution in [3.8, 4) is 5.75 Å². The Balaban J connectivity index is 2.32. The molecule has 18 heavy (non-hydrogen) atoms. The Morgan fingerprint density at radius 2 is 1.83 bits per heavy atom. The number of hydrogen-bond donors (Lipinski definition) is 1. The molecule has 1 unspecified atom stereocenters. The van der Waals surface area contributed by atoms with Crippen LogP contribution >= 0.6 is 0 Å². The molecule has 0 radical (unpaired) electrons. The monoisotopic (exact) mass is 261 g/mol. The summed E-state index contributed by atoms with van der Waals surface area (Å²) in [7, 11) is 0. The van der Waals surface area contributed by atoms with Gasteiger partial charge in [0.05, 0.1) is 6.54 Å². The Morgan fingerprint density at radius 1 is 1.22 bits per heavy atom. The molecule has 1 atom stereocenters. The van der Waals surface area contributed by atoms with Gasteiger partial charge in [0.25, 0.3) is 0 Å². The average molecular weight is 261 g/mol. The van der Waals surface area contributed by atoms with Gasteiger partial charge in [0.2, 0.25) is 0 Å². The van der Waals surface area contributed by atoms with Gasteiger partial charge >= 0.3 is 6.18 Å². The van der Waals surface area contributed by atoms with Crippen molar-refractivity contribution in [1.29, 1.82) is 0 Å². The van der Waals surface area contributed by atoms with Crippen molar-refractivity contribution < 1.29 is 17.9 Å². The minimum Gasteiger partial charge on any atom is -0.489 e. The Bertz CT molecular complexity index is 348. The third-order valence-corrected chi connectivity index (χ3v) is 2.43. The van der Waals surface area contributed by atoms with Crippen LogP contribution in [0.2, 0.25) is 0 Å². The topological polar surface area (TPSA) is 21.3 Å². The number of rotatable bonds is 6. The lowest BCUT2D eigenvalue weighted by molar-refractivity contribution is -0.125. The normalized spacial score (nSPS) is 13.4. The van der Waals surface area contributed by atoms with E-state index in [0.717, 1.165) is 6.42 Å². The molecule has 0 aliphatic carbocycles. The average Bonchev–Trinajstić information content (AvgIpc) is 2.28. The van der Waals surface area contributed by atoms with Gasteiger partial charge in [-0.3, -0.25) is 0 Å². The zero-order valence-electron chi connectivity index (χ0n) is 10.6. The maximum Gasteiger partial charge on any atom is 0.401 e. The molecule has 0 amide bonds. The van der Waals surface area contributed by atoms with E-state index >= 15 is 0 Å². The first kappa shape index (κ1) is 14.8. The molecular weight excluding hydrogens is 243 g/mol. The van der Waals surface area contributed by atoms with Crippen molar-refractivity contribution in [3.63, 3.8) is 0 Å². The minimum atomic E-state index is -4.18. The summed E-state index contributed by atoms with van der Waals surface area (Å²) in [5.41, 5.74) is 1.20. The van der Waals surface area contributed by atoms with Crippen LogP contribution in [-0.2, 0) is 6.42 Å². The Hall–Kier alpha value is -1.23. The largest absolute Gasteiger partial charge is 0.489 e. The van der Waals surface area contributed by atoms with Crippen LogP contribution in [-0.4, -0.2) is 25.4 Å². The van der Waals surface area contributed by atoms with Gasteiger partial charge in [0.1, 0.15) is 11.9 Å². The van der Waals surface area contributed by atoms with Crippen molar-refractivity contribution >= 4 is 0 Å². The highest BCUT2D eigenvalue weighted by Crippen LogP contribution is 2.15. The predicted molar refractivity (Wildman–Crippen MR) is 64.8 cm³/mol. The maximum absolute atomic E-state index is 11.9.